The first-order valence-electron chi connectivity index (χ1n) is 6.84. The maximum atomic E-state index is 13.6. The fourth-order valence-corrected chi connectivity index (χ4v) is 2.48. The van der Waals surface area contributed by atoms with Crippen LogP contribution >= 0.6 is 0 Å². The Labute approximate surface area is 122 Å². The highest BCUT2D eigenvalue weighted by Gasteiger charge is 2.26. The van der Waals surface area contributed by atoms with E-state index in [9.17, 15) is 14.0 Å². The number of methoxy groups -OCH3 is 1. The fourth-order valence-electron chi connectivity index (χ4n) is 2.48. The molecular formula is C15H18FNO4. The molecular weight excluding hydrogens is 277 g/mol. The summed E-state index contributed by atoms with van der Waals surface area (Å²) in [6.45, 7) is 0.878. The summed E-state index contributed by atoms with van der Waals surface area (Å²) in [5, 5.41) is 8.92. The molecule has 0 saturated carbocycles. The van der Waals surface area contributed by atoms with Crippen molar-refractivity contribution in [3.63, 3.8) is 0 Å². The highest BCUT2D eigenvalue weighted by atomic mass is 19.1. The molecule has 1 fully saturated rings. The van der Waals surface area contributed by atoms with Crippen LogP contribution in [-0.2, 0) is 16.0 Å². The third-order valence-corrected chi connectivity index (χ3v) is 3.77. The lowest BCUT2D eigenvalue weighted by atomic mass is 9.96. The number of nitrogens with zero attached hydrogens (tertiary/aromatic N) is 1. The van der Waals surface area contributed by atoms with Crippen molar-refractivity contribution in [1.82, 2.24) is 4.90 Å². The van der Waals surface area contributed by atoms with Gasteiger partial charge in [-0.25, -0.2) is 4.39 Å². The first kappa shape index (κ1) is 15.3. The number of carbonyl (C=O) groups excluding carboxylic acids is 1. The Balaban J connectivity index is 1.93. The fraction of sp³-hybridized carbons (Fsp3) is 0.467. The average Bonchev–Trinajstić information content (AvgIpc) is 2.47. The minimum absolute atomic E-state index is 0.108. The Morgan fingerprint density at radius 3 is 2.57 bits per heavy atom. The quantitative estimate of drug-likeness (QED) is 0.918. The summed E-state index contributed by atoms with van der Waals surface area (Å²) in [7, 11) is 1.38. The summed E-state index contributed by atoms with van der Waals surface area (Å²) in [5.41, 5.74) is 0.582. The van der Waals surface area contributed by atoms with E-state index in [1.807, 2.05) is 0 Å². The molecule has 5 nitrogen and oxygen atoms in total. The van der Waals surface area contributed by atoms with Crippen molar-refractivity contribution in [3.8, 4) is 5.75 Å². The van der Waals surface area contributed by atoms with Crippen molar-refractivity contribution in [3.05, 3.63) is 29.6 Å². The molecule has 6 heteroatoms. The van der Waals surface area contributed by atoms with Gasteiger partial charge in [-0.15, -0.1) is 0 Å². The number of amides is 1. The number of benzene rings is 1. The minimum Gasteiger partial charge on any atom is -0.494 e. The Morgan fingerprint density at radius 1 is 1.38 bits per heavy atom. The van der Waals surface area contributed by atoms with Crippen LogP contribution in [0.25, 0.3) is 0 Å². The molecule has 21 heavy (non-hydrogen) atoms. The van der Waals surface area contributed by atoms with Crippen LogP contribution in [0.5, 0.6) is 5.75 Å². The van der Waals surface area contributed by atoms with Gasteiger partial charge in [0.2, 0.25) is 5.91 Å². The van der Waals surface area contributed by atoms with Gasteiger partial charge in [-0.3, -0.25) is 9.59 Å². The molecule has 2 rings (SSSR count). The van der Waals surface area contributed by atoms with Crippen LogP contribution in [0.15, 0.2) is 18.2 Å². The first-order valence-corrected chi connectivity index (χ1v) is 6.84. The second-order valence-corrected chi connectivity index (χ2v) is 5.14. The zero-order valence-electron chi connectivity index (χ0n) is 11.8. The van der Waals surface area contributed by atoms with Crippen molar-refractivity contribution >= 4 is 11.9 Å². The smallest absolute Gasteiger partial charge is 0.306 e. The number of halogens is 1. The molecule has 0 aliphatic carbocycles. The van der Waals surface area contributed by atoms with Gasteiger partial charge in [-0.2, -0.15) is 0 Å². The molecule has 0 spiro atoms. The van der Waals surface area contributed by atoms with Gasteiger partial charge in [0.1, 0.15) is 0 Å². The predicted octanol–water partition coefficient (Wildman–Crippen LogP) is 1.70. The summed E-state index contributed by atoms with van der Waals surface area (Å²) < 4.78 is 18.4. The lowest BCUT2D eigenvalue weighted by Gasteiger charge is -2.30. The van der Waals surface area contributed by atoms with E-state index in [-0.39, 0.29) is 24.0 Å². The normalized spacial score (nSPS) is 15.8. The van der Waals surface area contributed by atoms with E-state index < -0.39 is 11.8 Å². The van der Waals surface area contributed by atoms with Crippen LogP contribution in [0.1, 0.15) is 18.4 Å². The third kappa shape index (κ3) is 3.71. The lowest BCUT2D eigenvalue weighted by Crippen LogP contribution is -2.41. The van der Waals surface area contributed by atoms with Crippen LogP contribution in [0.3, 0.4) is 0 Å². The van der Waals surface area contributed by atoms with Gasteiger partial charge >= 0.3 is 5.97 Å². The van der Waals surface area contributed by atoms with Crippen molar-refractivity contribution in [2.45, 2.75) is 19.3 Å². The molecule has 1 amide bonds. The van der Waals surface area contributed by atoms with Crippen LogP contribution in [0.2, 0.25) is 0 Å². The van der Waals surface area contributed by atoms with E-state index in [4.69, 9.17) is 9.84 Å². The van der Waals surface area contributed by atoms with Crippen molar-refractivity contribution < 1.29 is 23.8 Å². The zero-order chi connectivity index (χ0) is 15.4. The van der Waals surface area contributed by atoms with Crippen LogP contribution < -0.4 is 4.74 Å². The Morgan fingerprint density at radius 2 is 2.05 bits per heavy atom. The number of carboxylic acid groups (broad SMARTS) is 1. The number of carboxylic acids is 1. The summed E-state index contributed by atoms with van der Waals surface area (Å²) >= 11 is 0. The number of hydrogen-bond donors (Lipinski definition) is 1. The molecule has 0 radical (unpaired) electrons. The molecule has 0 unspecified atom stereocenters. The number of ether oxygens (including phenoxy) is 1. The number of hydrogen-bond acceptors (Lipinski definition) is 3. The van der Waals surface area contributed by atoms with Crippen LogP contribution in [0.4, 0.5) is 4.39 Å². The second kappa shape index (κ2) is 6.56. The molecule has 0 atom stereocenters. The maximum Gasteiger partial charge on any atom is 0.306 e. The molecule has 0 aromatic heterocycles. The van der Waals surface area contributed by atoms with Gasteiger partial charge in [0.15, 0.2) is 11.6 Å². The summed E-state index contributed by atoms with van der Waals surface area (Å²) in [5.74, 6) is -1.63. The highest BCUT2D eigenvalue weighted by molar-refractivity contribution is 5.79. The van der Waals surface area contributed by atoms with Crippen LogP contribution in [0, 0.1) is 11.7 Å². The van der Waals surface area contributed by atoms with Crippen molar-refractivity contribution in [2.75, 3.05) is 20.2 Å². The first-order chi connectivity index (χ1) is 10.0. The topological polar surface area (TPSA) is 66.8 Å². The SMILES string of the molecule is COc1ccc(CC(=O)N2CCC(C(=O)O)CC2)cc1F. The van der Waals surface area contributed by atoms with E-state index >= 15 is 0 Å². The Kier molecular flexibility index (Phi) is 4.77. The van der Waals surface area contributed by atoms with E-state index in [1.165, 1.54) is 19.2 Å². The monoisotopic (exact) mass is 295 g/mol. The number of likely N-dealkylation sites (tertiary alicyclic amines) is 1. The molecule has 1 saturated heterocycles. The Bertz CT molecular complexity index is 538. The molecule has 1 heterocycles. The molecule has 1 aromatic rings. The van der Waals surface area contributed by atoms with Gasteiger partial charge < -0.3 is 14.7 Å². The van der Waals surface area contributed by atoms with Gasteiger partial charge in [0.25, 0.3) is 0 Å². The van der Waals surface area contributed by atoms with Crippen molar-refractivity contribution in [2.24, 2.45) is 5.92 Å². The lowest BCUT2D eigenvalue weighted by molar-refractivity contribution is -0.145. The highest BCUT2D eigenvalue weighted by Crippen LogP contribution is 2.20. The summed E-state index contributed by atoms with van der Waals surface area (Å²) in [4.78, 5) is 24.6. The maximum absolute atomic E-state index is 13.6. The van der Waals surface area contributed by atoms with E-state index in [0.29, 0.717) is 31.5 Å². The largest absolute Gasteiger partial charge is 0.494 e. The number of rotatable bonds is 4. The number of aliphatic carboxylic acids is 1. The van der Waals surface area contributed by atoms with E-state index in [1.54, 1.807) is 11.0 Å². The zero-order valence-corrected chi connectivity index (χ0v) is 11.8. The molecule has 1 aliphatic rings. The minimum atomic E-state index is -0.806. The number of carbonyl (C=O) groups is 2. The standard InChI is InChI=1S/C15H18FNO4/c1-21-13-3-2-10(8-12(13)16)9-14(18)17-6-4-11(5-7-17)15(19)20/h2-3,8,11H,4-7,9H2,1H3,(H,19,20). The van der Waals surface area contributed by atoms with Gasteiger partial charge in [-0.1, -0.05) is 6.07 Å². The molecule has 1 aliphatic heterocycles. The Hall–Kier alpha value is -2.11. The molecule has 114 valence electrons. The van der Waals surface area contributed by atoms with Crippen LogP contribution in [-0.4, -0.2) is 42.1 Å². The number of piperidine rings is 1. The average molecular weight is 295 g/mol. The second-order valence-electron chi connectivity index (χ2n) is 5.14. The summed E-state index contributed by atoms with van der Waals surface area (Å²) in [6.07, 6.45) is 1.05. The molecule has 1 N–H and O–H groups in total. The van der Waals surface area contributed by atoms with E-state index in [0.717, 1.165) is 0 Å². The summed E-state index contributed by atoms with van der Waals surface area (Å²) in [6, 6.07) is 4.44. The van der Waals surface area contributed by atoms with Gasteiger partial charge in [0.05, 0.1) is 19.4 Å². The van der Waals surface area contributed by atoms with Gasteiger partial charge in [-0.05, 0) is 30.5 Å². The van der Waals surface area contributed by atoms with Gasteiger partial charge in [0, 0.05) is 13.1 Å². The molecule has 0 bridgehead atoms. The van der Waals surface area contributed by atoms with E-state index in [2.05, 4.69) is 0 Å². The third-order valence-electron chi connectivity index (χ3n) is 3.77. The molecule has 1 aromatic carbocycles. The van der Waals surface area contributed by atoms with Crippen molar-refractivity contribution in [1.29, 1.82) is 0 Å². The predicted molar refractivity (Wildman–Crippen MR) is 73.6 cm³/mol.